The van der Waals surface area contributed by atoms with Crippen LogP contribution in [0.1, 0.15) is 23.7 Å². The molecule has 0 bridgehead atoms. The molecule has 1 aromatic rings. The molecule has 0 fully saturated rings. The highest BCUT2D eigenvalue weighted by Crippen LogP contribution is 2.22. The normalized spacial score (nSPS) is 12.3. The largest absolute Gasteiger partial charge is 0.507 e. The number of hydrogen-bond donors (Lipinski definition) is 2. The Kier molecular flexibility index (Phi) is 4.02. The van der Waals surface area contributed by atoms with Gasteiger partial charge in [-0.25, -0.2) is 0 Å². The van der Waals surface area contributed by atoms with Gasteiger partial charge in [0.1, 0.15) is 5.75 Å². The van der Waals surface area contributed by atoms with Crippen molar-refractivity contribution in [2.75, 3.05) is 5.32 Å². The number of allylic oxidation sites excluding steroid dienone is 4. The van der Waals surface area contributed by atoms with Gasteiger partial charge in [-0.05, 0) is 24.5 Å². The van der Waals surface area contributed by atoms with E-state index in [2.05, 4.69) is 17.2 Å². The minimum Gasteiger partial charge on any atom is -0.507 e. The number of amides is 1. The first kappa shape index (κ1) is 13.6. The van der Waals surface area contributed by atoms with Crippen molar-refractivity contribution in [3.63, 3.8) is 0 Å². The molecule has 0 unspecified atom stereocenters. The minimum atomic E-state index is -0.454. The number of carbonyl (C=O) groups is 2. The number of phenolic OH excluding ortho intramolecular Hbond substituents is 1. The highest BCUT2D eigenvalue weighted by atomic mass is 16.3. The first-order valence-corrected chi connectivity index (χ1v) is 6.09. The Bertz CT molecular complexity index is 687. The number of benzene rings is 1. The second kappa shape index (κ2) is 5.89. The van der Waals surface area contributed by atoms with Crippen molar-refractivity contribution in [2.24, 2.45) is 0 Å². The lowest BCUT2D eigenvalue weighted by Crippen LogP contribution is -2.06. The Morgan fingerprint density at radius 2 is 2.15 bits per heavy atom. The predicted molar refractivity (Wildman–Crippen MR) is 76.4 cm³/mol. The molecule has 2 rings (SSSR count). The molecular weight excluding hydrogens is 254 g/mol. The summed E-state index contributed by atoms with van der Waals surface area (Å²) < 4.78 is 0. The maximum atomic E-state index is 11.9. The smallest absolute Gasteiger partial charge is 0.239 e. The number of anilines is 1. The van der Waals surface area contributed by atoms with Crippen LogP contribution in [0.5, 0.6) is 5.75 Å². The van der Waals surface area contributed by atoms with E-state index in [1.54, 1.807) is 6.07 Å². The molecule has 0 heterocycles. The van der Waals surface area contributed by atoms with Crippen LogP contribution >= 0.6 is 0 Å². The van der Waals surface area contributed by atoms with Crippen LogP contribution in [-0.2, 0) is 4.79 Å². The van der Waals surface area contributed by atoms with Crippen molar-refractivity contribution in [1.82, 2.24) is 0 Å². The number of nitrogens with one attached hydrogen (secondary N) is 1. The van der Waals surface area contributed by atoms with Gasteiger partial charge in [0.25, 0.3) is 0 Å². The van der Waals surface area contributed by atoms with E-state index in [-0.39, 0.29) is 17.2 Å². The van der Waals surface area contributed by atoms with Crippen LogP contribution in [0.2, 0.25) is 0 Å². The molecule has 4 nitrogen and oxygen atoms in total. The van der Waals surface area contributed by atoms with Gasteiger partial charge in [-0.3, -0.25) is 9.59 Å². The number of Topliss-reactive ketones (excluding diaryl/α,β-unsaturated/α-hetero) is 1. The standard InChI is InChI=1S/C16H13NO3/c1-11(18)17-13-7-8-14(16(20)10-13)15(19)9-6-12-4-2-3-5-12/h2-4,7-8,10,20H,5H2,1H3,(H,17,18). The van der Waals surface area contributed by atoms with Crippen molar-refractivity contribution in [3.05, 3.63) is 47.6 Å². The van der Waals surface area contributed by atoms with Crippen LogP contribution in [0.3, 0.4) is 0 Å². The lowest BCUT2D eigenvalue weighted by molar-refractivity contribution is -0.114. The SMILES string of the molecule is CC(=O)Nc1ccc(C(=O)C#CC2=CC=CC2)c(O)c1. The van der Waals surface area contributed by atoms with Crippen LogP contribution in [0.4, 0.5) is 5.69 Å². The number of ketones is 1. The van der Waals surface area contributed by atoms with Crippen molar-refractivity contribution in [2.45, 2.75) is 13.3 Å². The molecule has 0 radical (unpaired) electrons. The average Bonchev–Trinajstić information content (AvgIpc) is 2.88. The van der Waals surface area contributed by atoms with Gasteiger partial charge in [0, 0.05) is 24.3 Å². The lowest BCUT2D eigenvalue weighted by Gasteiger charge is -2.04. The molecule has 20 heavy (non-hydrogen) atoms. The van der Waals surface area contributed by atoms with Gasteiger partial charge < -0.3 is 10.4 Å². The third-order valence-electron chi connectivity index (χ3n) is 2.67. The number of phenols is 1. The summed E-state index contributed by atoms with van der Waals surface area (Å²) in [6, 6.07) is 4.32. The molecular formula is C16H13NO3. The Balaban J connectivity index is 2.16. The van der Waals surface area contributed by atoms with E-state index in [1.807, 2.05) is 18.2 Å². The van der Waals surface area contributed by atoms with E-state index >= 15 is 0 Å². The highest BCUT2D eigenvalue weighted by Gasteiger charge is 2.10. The van der Waals surface area contributed by atoms with Gasteiger partial charge in [-0.2, -0.15) is 0 Å². The summed E-state index contributed by atoms with van der Waals surface area (Å²) in [6.07, 6.45) is 6.41. The van der Waals surface area contributed by atoms with Crippen LogP contribution in [0.25, 0.3) is 0 Å². The summed E-state index contributed by atoms with van der Waals surface area (Å²) in [6.45, 7) is 1.37. The zero-order valence-corrected chi connectivity index (χ0v) is 10.9. The molecule has 0 aromatic heterocycles. The third-order valence-corrected chi connectivity index (χ3v) is 2.67. The highest BCUT2D eigenvalue weighted by molar-refractivity contribution is 6.11. The van der Waals surface area contributed by atoms with E-state index in [9.17, 15) is 14.7 Å². The van der Waals surface area contributed by atoms with Crippen molar-refractivity contribution in [3.8, 4) is 17.6 Å². The Labute approximate surface area is 116 Å². The van der Waals surface area contributed by atoms with Crippen LogP contribution in [0.15, 0.2) is 42.0 Å². The zero-order valence-electron chi connectivity index (χ0n) is 10.9. The van der Waals surface area contributed by atoms with Gasteiger partial charge in [0.05, 0.1) is 5.56 Å². The first-order chi connectivity index (χ1) is 9.56. The molecule has 4 heteroatoms. The topological polar surface area (TPSA) is 66.4 Å². The van der Waals surface area contributed by atoms with Crippen molar-refractivity contribution in [1.29, 1.82) is 0 Å². The van der Waals surface area contributed by atoms with Crippen molar-refractivity contribution >= 4 is 17.4 Å². The molecule has 0 spiro atoms. The fraction of sp³-hybridized carbons (Fsp3) is 0.125. The van der Waals surface area contributed by atoms with E-state index < -0.39 is 5.78 Å². The Hall–Kier alpha value is -2.80. The van der Waals surface area contributed by atoms with Gasteiger partial charge in [0.2, 0.25) is 11.7 Å². The Morgan fingerprint density at radius 1 is 1.35 bits per heavy atom. The summed E-state index contributed by atoms with van der Waals surface area (Å²) in [5, 5.41) is 12.3. The minimum absolute atomic E-state index is 0.123. The number of carbonyl (C=O) groups excluding carboxylic acids is 2. The molecule has 0 saturated heterocycles. The predicted octanol–water partition coefficient (Wildman–Crippen LogP) is 2.42. The average molecular weight is 267 g/mol. The molecule has 1 aromatic carbocycles. The molecule has 2 N–H and O–H groups in total. The van der Waals surface area contributed by atoms with E-state index in [4.69, 9.17) is 0 Å². The fourth-order valence-corrected chi connectivity index (χ4v) is 1.75. The lowest BCUT2D eigenvalue weighted by atomic mass is 10.1. The maximum absolute atomic E-state index is 11.9. The van der Waals surface area contributed by atoms with Gasteiger partial charge in [-0.1, -0.05) is 24.1 Å². The summed E-state index contributed by atoms with van der Waals surface area (Å²) in [5.74, 6) is 4.37. The summed E-state index contributed by atoms with van der Waals surface area (Å²) in [7, 11) is 0. The quantitative estimate of drug-likeness (QED) is 0.491. The fourth-order valence-electron chi connectivity index (χ4n) is 1.75. The Morgan fingerprint density at radius 3 is 2.75 bits per heavy atom. The zero-order chi connectivity index (χ0) is 14.5. The van der Waals surface area contributed by atoms with Crippen LogP contribution < -0.4 is 5.32 Å². The molecule has 1 aliphatic rings. The number of rotatable bonds is 2. The molecule has 100 valence electrons. The summed E-state index contributed by atoms with van der Waals surface area (Å²) in [4.78, 5) is 22.8. The van der Waals surface area contributed by atoms with E-state index in [0.29, 0.717) is 5.69 Å². The monoisotopic (exact) mass is 267 g/mol. The van der Waals surface area contributed by atoms with Gasteiger partial charge in [0.15, 0.2) is 0 Å². The van der Waals surface area contributed by atoms with E-state index in [0.717, 1.165) is 12.0 Å². The summed E-state index contributed by atoms with van der Waals surface area (Å²) in [5.41, 5.74) is 1.42. The van der Waals surface area contributed by atoms with Gasteiger partial charge in [-0.15, -0.1) is 0 Å². The maximum Gasteiger partial charge on any atom is 0.239 e. The number of hydrogen-bond acceptors (Lipinski definition) is 3. The third kappa shape index (κ3) is 3.36. The second-order valence-corrected chi connectivity index (χ2v) is 4.32. The van der Waals surface area contributed by atoms with Crippen LogP contribution in [-0.4, -0.2) is 16.8 Å². The molecule has 0 saturated carbocycles. The summed E-state index contributed by atoms with van der Waals surface area (Å²) >= 11 is 0. The first-order valence-electron chi connectivity index (χ1n) is 6.09. The van der Waals surface area contributed by atoms with Crippen LogP contribution in [0, 0.1) is 11.8 Å². The second-order valence-electron chi connectivity index (χ2n) is 4.32. The molecule has 0 aliphatic heterocycles. The molecule has 1 amide bonds. The molecule has 1 aliphatic carbocycles. The van der Waals surface area contributed by atoms with E-state index in [1.165, 1.54) is 19.1 Å². The van der Waals surface area contributed by atoms with Gasteiger partial charge >= 0.3 is 0 Å². The molecule has 0 atom stereocenters. The van der Waals surface area contributed by atoms with Crippen molar-refractivity contribution < 1.29 is 14.7 Å². The number of aromatic hydroxyl groups is 1.